The van der Waals surface area contributed by atoms with Crippen LogP contribution < -0.4 is 0 Å². The van der Waals surface area contributed by atoms with E-state index in [1.807, 2.05) is 0 Å². The molecule has 0 aliphatic carbocycles. The minimum Gasteiger partial charge on any atom is -0.466 e. The van der Waals surface area contributed by atoms with E-state index in [4.69, 9.17) is 10.2 Å². The first kappa shape index (κ1) is 17.3. The molecule has 6 nitrogen and oxygen atoms in total. The van der Waals surface area contributed by atoms with Crippen LogP contribution in [0.25, 0.3) is 0 Å². The normalized spacial score (nSPS) is 8.75. The maximum absolute atomic E-state index is 10.3. The number of esters is 2. The SMILES string of the molecule is CC(=O)OCCCCOC(C)=O.OCCO. The summed E-state index contributed by atoms with van der Waals surface area (Å²) in [5, 5.41) is 15.2. The Morgan fingerprint density at radius 3 is 1.38 bits per heavy atom. The van der Waals surface area contributed by atoms with Crippen molar-refractivity contribution < 1.29 is 29.3 Å². The van der Waals surface area contributed by atoms with Crippen LogP contribution in [0.5, 0.6) is 0 Å². The molecule has 0 bridgehead atoms. The number of hydrogen-bond acceptors (Lipinski definition) is 6. The topological polar surface area (TPSA) is 93.1 Å². The Morgan fingerprint density at radius 1 is 0.875 bits per heavy atom. The summed E-state index contributed by atoms with van der Waals surface area (Å²) in [7, 11) is 0. The van der Waals surface area contributed by atoms with Gasteiger partial charge in [0, 0.05) is 13.8 Å². The number of unbranched alkanes of at least 4 members (excludes halogenated alkanes) is 1. The zero-order valence-electron chi connectivity index (χ0n) is 9.77. The lowest BCUT2D eigenvalue weighted by molar-refractivity contribution is -0.143. The van der Waals surface area contributed by atoms with Crippen molar-refractivity contribution in [2.45, 2.75) is 26.7 Å². The monoisotopic (exact) mass is 236 g/mol. The molecule has 0 saturated heterocycles. The summed E-state index contributed by atoms with van der Waals surface area (Å²) >= 11 is 0. The molecule has 0 amide bonds. The van der Waals surface area contributed by atoms with Gasteiger partial charge in [0.25, 0.3) is 0 Å². The van der Waals surface area contributed by atoms with E-state index in [1.165, 1.54) is 13.8 Å². The van der Waals surface area contributed by atoms with E-state index >= 15 is 0 Å². The molecule has 0 spiro atoms. The summed E-state index contributed by atoms with van der Waals surface area (Å²) in [5.41, 5.74) is 0. The van der Waals surface area contributed by atoms with E-state index in [-0.39, 0.29) is 25.2 Å². The fraction of sp³-hybridized carbons (Fsp3) is 0.800. The Labute approximate surface area is 95.2 Å². The number of aliphatic hydroxyl groups is 2. The first-order valence-corrected chi connectivity index (χ1v) is 5.03. The predicted octanol–water partition coefficient (Wildman–Crippen LogP) is -0.136. The molecule has 0 fully saturated rings. The number of ether oxygens (including phenoxy) is 2. The third kappa shape index (κ3) is 23.0. The molecular weight excluding hydrogens is 216 g/mol. The highest BCUT2D eigenvalue weighted by atomic mass is 16.5. The highest BCUT2D eigenvalue weighted by molar-refractivity contribution is 5.66. The summed E-state index contributed by atoms with van der Waals surface area (Å²) < 4.78 is 9.34. The van der Waals surface area contributed by atoms with Gasteiger partial charge in [-0.25, -0.2) is 0 Å². The minimum absolute atomic E-state index is 0.125. The number of carbonyl (C=O) groups excluding carboxylic acids is 2. The lowest BCUT2D eigenvalue weighted by Gasteiger charge is -2.01. The predicted molar refractivity (Wildman–Crippen MR) is 56.7 cm³/mol. The van der Waals surface area contributed by atoms with Gasteiger partial charge in [-0.1, -0.05) is 0 Å². The van der Waals surface area contributed by atoms with Gasteiger partial charge in [0.1, 0.15) is 0 Å². The van der Waals surface area contributed by atoms with Gasteiger partial charge in [0.15, 0.2) is 0 Å². The van der Waals surface area contributed by atoms with Crippen LogP contribution in [0.2, 0.25) is 0 Å². The quantitative estimate of drug-likeness (QED) is 0.492. The number of rotatable bonds is 6. The van der Waals surface area contributed by atoms with Crippen LogP contribution in [-0.2, 0) is 19.1 Å². The first-order valence-electron chi connectivity index (χ1n) is 5.03. The molecule has 0 aliphatic rings. The van der Waals surface area contributed by atoms with Crippen LogP contribution in [0.3, 0.4) is 0 Å². The summed E-state index contributed by atoms with van der Waals surface area (Å²) in [6.45, 7) is 3.28. The van der Waals surface area contributed by atoms with E-state index in [1.54, 1.807) is 0 Å². The van der Waals surface area contributed by atoms with Crippen molar-refractivity contribution in [1.82, 2.24) is 0 Å². The summed E-state index contributed by atoms with van der Waals surface area (Å²) in [4.78, 5) is 20.6. The third-order valence-electron chi connectivity index (χ3n) is 1.25. The van der Waals surface area contributed by atoms with Crippen LogP contribution in [0.1, 0.15) is 26.7 Å². The Balaban J connectivity index is 0. The molecule has 0 aromatic heterocycles. The van der Waals surface area contributed by atoms with Gasteiger partial charge < -0.3 is 19.7 Å². The summed E-state index contributed by atoms with van der Waals surface area (Å²) in [5.74, 6) is -0.551. The molecule has 0 radical (unpaired) electrons. The van der Waals surface area contributed by atoms with Crippen LogP contribution >= 0.6 is 0 Å². The van der Waals surface area contributed by atoms with Crippen molar-refractivity contribution in [3.05, 3.63) is 0 Å². The van der Waals surface area contributed by atoms with Crippen LogP contribution in [-0.4, -0.2) is 48.6 Å². The fourth-order valence-electron chi connectivity index (χ4n) is 0.636. The average Bonchev–Trinajstić information content (AvgIpc) is 2.23. The van der Waals surface area contributed by atoms with E-state index in [0.29, 0.717) is 13.2 Å². The lowest BCUT2D eigenvalue weighted by atomic mass is 10.3. The summed E-state index contributed by atoms with van der Waals surface area (Å²) in [6, 6.07) is 0. The van der Waals surface area contributed by atoms with Gasteiger partial charge in [0.05, 0.1) is 26.4 Å². The van der Waals surface area contributed by atoms with Crippen LogP contribution in [0.15, 0.2) is 0 Å². The molecule has 2 N–H and O–H groups in total. The van der Waals surface area contributed by atoms with Gasteiger partial charge in [-0.15, -0.1) is 0 Å². The molecule has 0 rings (SSSR count). The standard InChI is InChI=1S/C8H14O4.C2H6O2/c1-7(9)11-5-3-4-6-12-8(2)10;3-1-2-4/h3-6H2,1-2H3;3-4H,1-2H2. The fourth-order valence-corrected chi connectivity index (χ4v) is 0.636. The van der Waals surface area contributed by atoms with E-state index in [2.05, 4.69) is 9.47 Å². The second kappa shape index (κ2) is 13.9. The number of carbonyl (C=O) groups is 2. The second-order valence-corrected chi connectivity index (χ2v) is 2.83. The zero-order chi connectivity index (χ0) is 12.8. The molecular formula is C10H20O6. The summed E-state index contributed by atoms with van der Waals surface area (Å²) in [6.07, 6.45) is 1.46. The van der Waals surface area contributed by atoms with E-state index in [0.717, 1.165) is 12.8 Å². The first-order chi connectivity index (χ1) is 7.54. The largest absolute Gasteiger partial charge is 0.466 e. The Bertz CT molecular complexity index is 160. The van der Waals surface area contributed by atoms with Crippen molar-refractivity contribution in [3.63, 3.8) is 0 Å². The highest BCUT2D eigenvalue weighted by Gasteiger charge is 1.94. The second-order valence-electron chi connectivity index (χ2n) is 2.83. The zero-order valence-corrected chi connectivity index (χ0v) is 9.77. The lowest BCUT2D eigenvalue weighted by Crippen LogP contribution is -2.04. The highest BCUT2D eigenvalue weighted by Crippen LogP contribution is 1.91. The van der Waals surface area contributed by atoms with Gasteiger partial charge in [0.2, 0.25) is 0 Å². The number of aliphatic hydroxyl groups excluding tert-OH is 2. The van der Waals surface area contributed by atoms with Crippen LogP contribution in [0.4, 0.5) is 0 Å². The van der Waals surface area contributed by atoms with Crippen molar-refractivity contribution in [2.75, 3.05) is 26.4 Å². The third-order valence-corrected chi connectivity index (χ3v) is 1.25. The van der Waals surface area contributed by atoms with Crippen molar-refractivity contribution in [2.24, 2.45) is 0 Å². The number of hydrogen-bond donors (Lipinski definition) is 2. The van der Waals surface area contributed by atoms with E-state index in [9.17, 15) is 9.59 Å². The molecule has 0 aromatic carbocycles. The maximum Gasteiger partial charge on any atom is 0.302 e. The molecule has 96 valence electrons. The maximum atomic E-state index is 10.3. The Kier molecular flexibility index (Phi) is 15.0. The smallest absolute Gasteiger partial charge is 0.302 e. The average molecular weight is 236 g/mol. The molecule has 0 atom stereocenters. The molecule has 6 heteroatoms. The van der Waals surface area contributed by atoms with Crippen molar-refractivity contribution in [1.29, 1.82) is 0 Å². The van der Waals surface area contributed by atoms with Crippen molar-refractivity contribution in [3.8, 4) is 0 Å². The molecule has 0 aliphatic heterocycles. The Hall–Kier alpha value is -1.14. The van der Waals surface area contributed by atoms with Gasteiger partial charge in [-0.3, -0.25) is 9.59 Å². The molecule has 16 heavy (non-hydrogen) atoms. The Morgan fingerprint density at radius 2 is 1.19 bits per heavy atom. The van der Waals surface area contributed by atoms with Gasteiger partial charge in [-0.05, 0) is 12.8 Å². The molecule has 0 saturated carbocycles. The molecule has 0 aromatic rings. The van der Waals surface area contributed by atoms with Gasteiger partial charge in [-0.2, -0.15) is 0 Å². The van der Waals surface area contributed by atoms with Gasteiger partial charge >= 0.3 is 11.9 Å². The molecule has 0 unspecified atom stereocenters. The minimum atomic E-state index is -0.275. The van der Waals surface area contributed by atoms with Crippen LogP contribution in [0, 0.1) is 0 Å². The van der Waals surface area contributed by atoms with E-state index < -0.39 is 0 Å². The van der Waals surface area contributed by atoms with Crippen molar-refractivity contribution >= 4 is 11.9 Å². The molecule has 0 heterocycles.